The highest BCUT2D eigenvalue weighted by molar-refractivity contribution is 6.58. The number of esters is 1. The number of hydrogen-bond donors (Lipinski definition) is 3. The molecule has 148 valence electrons. The standard InChI is InChI=1S/C18H27BN2O6/c1-16(2,3)26-14(22)18(20)8-7-12-11(10-18)9-13(19(24)25)21(12)15(23)27-17(4,5)6/h7-9,24-25H,10,20H2,1-6H3. The van der Waals surface area contributed by atoms with Gasteiger partial charge in [-0.3, -0.25) is 4.57 Å². The highest BCUT2D eigenvalue weighted by atomic mass is 16.6. The number of rotatable bonds is 2. The van der Waals surface area contributed by atoms with Gasteiger partial charge in [-0.25, -0.2) is 9.59 Å². The van der Waals surface area contributed by atoms with E-state index in [4.69, 9.17) is 15.2 Å². The maximum absolute atomic E-state index is 12.6. The summed E-state index contributed by atoms with van der Waals surface area (Å²) in [4.78, 5) is 25.1. The Hall–Kier alpha value is -2.10. The zero-order valence-electron chi connectivity index (χ0n) is 16.6. The van der Waals surface area contributed by atoms with E-state index in [0.717, 1.165) is 4.57 Å². The van der Waals surface area contributed by atoms with Crippen molar-refractivity contribution in [3.05, 3.63) is 23.4 Å². The smallest absolute Gasteiger partial charge is 0.458 e. The Morgan fingerprint density at radius 1 is 1.15 bits per heavy atom. The molecule has 0 aromatic carbocycles. The lowest BCUT2D eigenvalue weighted by Gasteiger charge is -2.31. The van der Waals surface area contributed by atoms with Crippen LogP contribution in [0.2, 0.25) is 0 Å². The largest absolute Gasteiger partial charge is 0.506 e. The molecule has 1 aromatic rings. The third-order valence-corrected chi connectivity index (χ3v) is 3.79. The van der Waals surface area contributed by atoms with Crippen LogP contribution >= 0.6 is 0 Å². The molecule has 1 aliphatic carbocycles. The van der Waals surface area contributed by atoms with Crippen LogP contribution in [0.4, 0.5) is 4.79 Å². The van der Waals surface area contributed by atoms with Gasteiger partial charge in [0.1, 0.15) is 16.7 Å². The Bertz CT molecular complexity index is 785. The maximum atomic E-state index is 12.6. The van der Waals surface area contributed by atoms with Gasteiger partial charge in [-0.1, -0.05) is 6.08 Å². The number of nitrogens with zero attached hydrogens (tertiary/aromatic N) is 1. The van der Waals surface area contributed by atoms with E-state index in [9.17, 15) is 19.6 Å². The van der Waals surface area contributed by atoms with Crippen molar-refractivity contribution in [2.24, 2.45) is 5.73 Å². The molecule has 0 fully saturated rings. The fourth-order valence-electron chi connectivity index (χ4n) is 2.74. The van der Waals surface area contributed by atoms with Crippen molar-refractivity contribution in [1.29, 1.82) is 0 Å². The molecule has 2 rings (SSSR count). The van der Waals surface area contributed by atoms with Crippen molar-refractivity contribution in [3.8, 4) is 0 Å². The number of ether oxygens (including phenoxy) is 2. The fourth-order valence-corrected chi connectivity index (χ4v) is 2.74. The molecule has 1 aromatic heterocycles. The van der Waals surface area contributed by atoms with E-state index in [1.165, 1.54) is 18.2 Å². The highest BCUT2D eigenvalue weighted by Crippen LogP contribution is 2.28. The van der Waals surface area contributed by atoms with Crippen LogP contribution in [0.3, 0.4) is 0 Å². The van der Waals surface area contributed by atoms with Crippen LogP contribution in [0.5, 0.6) is 0 Å². The predicted octanol–water partition coefficient (Wildman–Crippen LogP) is 0.560. The minimum absolute atomic E-state index is 0.0449. The Kier molecular flexibility index (Phi) is 5.35. The van der Waals surface area contributed by atoms with Gasteiger partial charge in [0.15, 0.2) is 0 Å². The van der Waals surface area contributed by atoms with E-state index in [0.29, 0.717) is 11.3 Å². The third kappa shape index (κ3) is 4.80. The van der Waals surface area contributed by atoms with Crippen molar-refractivity contribution >= 4 is 30.9 Å². The summed E-state index contributed by atoms with van der Waals surface area (Å²) in [6.07, 6.45) is 2.25. The molecular weight excluding hydrogens is 351 g/mol. The summed E-state index contributed by atoms with van der Waals surface area (Å²) in [6.45, 7) is 10.3. The molecule has 1 heterocycles. The Balaban J connectivity index is 2.43. The molecule has 0 radical (unpaired) electrons. The van der Waals surface area contributed by atoms with Crippen LogP contribution in [-0.4, -0.2) is 50.5 Å². The second-order valence-corrected chi connectivity index (χ2v) is 8.72. The van der Waals surface area contributed by atoms with Gasteiger partial charge in [0.25, 0.3) is 0 Å². The molecule has 0 saturated carbocycles. The molecule has 1 atom stereocenters. The van der Waals surface area contributed by atoms with Gasteiger partial charge in [-0.05, 0) is 59.2 Å². The van der Waals surface area contributed by atoms with Crippen molar-refractivity contribution in [1.82, 2.24) is 4.57 Å². The lowest BCUT2D eigenvalue weighted by molar-refractivity contribution is -0.159. The molecule has 1 aliphatic rings. The molecule has 8 nitrogen and oxygen atoms in total. The zero-order valence-corrected chi connectivity index (χ0v) is 16.6. The molecule has 0 amide bonds. The number of hydrogen-bond acceptors (Lipinski definition) is 7. The second kappa shape index (κ2) is 6.81. The molecule has 0 aliphatic heterocycles. The van der Waals surface area contributed by atoms with E-state index in [2.05, 4.69) is 0 Å². The first-order valence-corrected chi connectivity index (χ1v) is 8.68. The highest BCUT2D eigenvalue weighted by Gasteiger charge is 2.41. The summed E-state index contributed by atoms with van der Waals surface area (Å²) < 4.78 is 11.8. The van der Waals surface area contributed by atoms with Crippen LogP contribution in [0.25, 0.3) is 6.08 Å². The normalized spacial score (nSPS) is 19.4. The first-order chi connectivity index (χ1) is 12.1. The van der Waals surface area contributed by atoms with Crippen molar-refractivity contribution < 1.29 is 29.1 Å². The van der Waals surface area contributed by atoms with Crippen molar-refractivity contribution in [2.75, 3.05) is 0 Å². The number of carbonyl (C=O) groups excluding carboxylic acids is 2. The summed E-state index contributed by atoms with van der Waals surface area (Å²) in [7, 11) is -1.90. The van der Waals surface area contributed by atoms with E-state index in [1.54, 1.807) is 41.5 Å². The average molecular weight is 378 g/mol. The molecule has 0 saturated heterocycles. The molecule has 0 spiro atoms. The van der Waals surface area contributed by atoms with Gasteiger partial charge in [0, 0.05) is 6.42 Å². The first-order valence-electron chi connectivity index (χ1n) is 8.68. The second-order valence-electron chi connectivity index (χ2n) is 8.72. The minimum Gasteiger partial charge on any atom is -0.458 e. The van der Waals surface area contributed by atoms with Crippen LogP contribution in [0.15, 0.2) is 12.1 Å². The van der Waals surface area contributed by atoms with Crippen molar-refractivity contribution in [2.45, 2.75) is 64.7 Å². The van der Waals surface area contributed by atoms with Crippen LogP contribution in [-0.2, 0) is 20.7 Å². The summed E-state index contributed by atoms with van der Waals surface area (Å²) in [5.74, 6) is -0.604. The summed E-state index contributed by atoms with van der Waals surface area (Å²) in [5.41, 5.74) is 4.18. The van der Waals surface area contributed by atoms with E-state index >= 15 is 0 Å². The van der Waals surface area contributed by atoms with Gasteiger partial charge < -0.3 is 25.3 Å². The molecule has 4 N–H and O–H groups in total. The molecule has 27 heavy (non-hydrogen) atoms. The number of aromatic nitrogens is 1. The number of nitrogens with two attached hydrogens (primary N) is 1. The van der Waals surface area contributed by atoms with Gasteiger partial charge in [0.2, 0.25) is 0 Å². The van der Waals surface area contributed by atoms with Crippen molar-refractivity contribution in [3.63, 3.8) is 0 Å². The monoisotopic (exact) mass is 378 g/mol. The van der Waals surface area contributed by atoms with E-state index < -0.39 is 35.9 Å². The molecule has 0 bridgehead atoms. The first kappa shape index (κ1) is 21.2. The van der Waals surface area contributed by atoms with Gasteiger partial charge >= 0.3 is 19.2 Å². The fraction of sp³-hybridized carbons (Fsp3) is 0.556. The predicted molar refractivity (Wildman–Crippen MR) is 101 cm³/mol. The van der Waals surface area contributed by atoms with Crippen LogP contribution in [0, 0.1) is 0 Å². The Morgan fingerprint density at radius 2 is 1.70 bits per heavy atom. The summed E-state index contributed by atoms with van der Waals surface area (Å²) >= 11 is 0. The Morgan fingerprint density at radius 3 is 2.19 bits per heavy atom. The molecular formula is C18H27BN2O6. The molecule has 9 heteroatoms. The SMILES string of the molecule is CC(C)(C)OC(=O)n1c(B(O)O)cc2c1C=CC(N)(C(=O)OC(C)(C)C)C2. The van der Waals surface area contributed by atoms with Gasteiger partial charge in [-0.2, -0.15) is 0 Å². The number of fused-ring (bicyclic) bond motifs is 1. The lowest BCUT2D eigenvalue weighted by Crippen LogP contribution is -2.52. The van der Waals surface area contributed by atoms with Gasteiger partial charge in [0.05, 0.1) is 11.3 Å². The van der Waals surface area contributed by atoms with E-state index in [-0.39, 0.29) is 12.0 Å². The van der Waals surface area contributed by atoms with Crippen LogP contribution < -0.4 is 11.3 Å². The average Bonchev–Trinajstić information content (AvgIpc) is 2.82. The minimum atomic E-state index is -1.90. The number of carbonyl (C=O) groups is 2. The zero-order chi connectivity index (χ0) is 20.8. The maximum Gasteiger partial charge on any atom is 0.506 e. The van der Waals surface area contributed by atoms with E-state index in [1.807, 2.05) is 0 Å². The Labute approximate surface area is 159 Å². The third-order valence-electron chi connectivity index (χ3n) is 3.79. The summed E-state index contributed by atoms with van der Waals surface area (Å²) in [6, 6.07) is 1.43. The van der Waals surface area contributed by atoms with Gasteiger partial charge in [-0.15, -0.1) is 0 Å². The van der Waals surface area contributed by atoms with Crippen LogP contribution in [0.1, 0.15) is 52.8 Å². The lowest BCUT2D eigenvalue weighted by atomic mass is 9.83. The quantitative estimate of drug-likeness (QED) is 0.507. The topological polar surface area (TPSA) is 124 Å². The molecule has 1 unspecified atom stereocenters. The summed E-state index contributed by atoms with van der Waals surface area (Å²) in [5, 5.41) is 19.3.